The summed E-state index contributed by atoms with van der Waals surface area (Å²) in [6, 6.07) is 6.89. The molecule has 0 spiro atoms. The lowest BCUT2D eigenvalue weighted by atomic mass is 10.1. The van der Waals surface area contributed by atoms with E-state index in [-0.39, 0.29) is 35.8 Å². The molecular weight excluding hydrogens is 352 g/mol. The summed E-state index contributed by atoms with van der Waals surface area (Å²) in [5.41, 5.74) is 0.927. The molecule has 3 rings (SSSR count). The third kappa shape index (κ3) is 3.89. The molecule has 8 heteroatoms. The van der Waals surface area contributed by atoms with Crippen molar-refractivity contribution in [2.45, 2.75) is 25.4 Å². The number of hydrogen-bond donors (Lipinski definition) is 1. The smallest absolute Gasteiger partial charge is 0.225 e. The highest BCUT2D eigenvalue weighted by molar-refractivity contribution is 7.91. The molecule has 0 aromatic heterocycles. The van der Waals surface area contributed by atoms with E-state index in [1.54, 1.807) is 17.0 Å². The summed E-state index contributed by atoms with van der Waals surface area (Å²) in [4.78, 5) is 26.0. The van der Waals surface area contributed by atoms with E-state index in [2.05, 4.69) is 5.32 Å². The maximum atomic E-state index is 12.3. The molecular formula is C16H19ClN2O4S. The van der Waals surface area contributed by atoms with Crippen LogP contribution in [0.3, 0.4) is 0 Å². The Morgan fingerprint density at radius 3 is 2.62 bits per heavy atom. The van der Waals surface area contributed by atoms with Crippen molar-refractivity contribution in [1.29, 1.82) is 0 Å². The molecule has 2 aliphatic rings. The van der Waals surface area contributed by atoms with E-state index < -0.39 is 15.8 Å². The monoisotopic (exact) mass is 370 g/mol. The van der Waals surface area contributed by atoms with E-state index in [1.807, 2.05) is 12.1 Å². The van der Waals surface area contributed by atoms with Gasteiger partial charge in [0, 0.05) is 30.6 Å². The average Bonchev–Trinajstić information content (AvgIpc) is 3.09. The molecule has 0 saturated carbocycles. The van der Waals surface area contributed by atoms with Crippen LogP contribution in [0.4, 0.5) is 0 Å². The SMILES string of the molecule is O=C(NCc1ccc(Cl)cc1)C1CC(=O)N(C2CCS(=O)(=O)C2)C1. The van der Waals surface area contributed by atoms with E-state index >= 15 is 0 Å². The zero-order valence-corrected chi connectivity index (χ0v) is 14.6. The molecule has 2 fully saturated rings. The standard InChI is InChI=1S/C16H19ClN2O4S/c17-13-3-1-11(2-4-13)8-18-16(21)12-7-15(20)19(9-12)14-5-6-24(22,23)10-14/h1-4,12,14H,5-10H2,(H,18,21). The van der Waals surface area contributed by atoms with Gasteiger partial charge in [0.15, 0.2) is 9.84 Å². The average molecular weight is 371 g/mol. The molecule has 1 N–H and O–H groups in total. The Morgan fingerprint density at radius 1 is 1.29 bits per heavy atom. The van der Waals surface area contributed by atoms with Crippen molar-refractivity contribution in [3.05, 3.63) is 34.9 Å². The summed E-state index contributed by atoms with van der Waals surface area (Å²) in [5, 5.41) is 3.46. The molecule has 2 heterocycles. The molecule has 24 heavy (non-hydrogen) atoms. The van der Waals surface area contributed by atoms with Crippen LogP contribution in [0.5, 0.6) is 0 Å². The number of rotatable bonds is 4. The normalized spacial score (nSPS) is 25.9. The first kappa shape index (κ1) is 17.2. The van der Waals surface area contributed by atoms with E-state index in [0.717, 1.165) is 5.56 Å². The van der Waals surface area contributed by atoms with E-state index in [9.17, 15) is 18.0 Å². The van der Waals surface area contributed by atoms with Crippen molar-refractivity contribution in [3.8, 4) is 0 Å². The third-order valence-corrected chi connectivity index (χ3v) is 6.56. The van der Waals surface area contributed by atoms with Crippen LogP contribution in [0.25, 0.3) is 0 Å². The predicted molar refractivity (Wildman–Crippen MR) is 90.2 cm³/mol. The maximum absolute atomic E-state index is 12.3. The predicted octanol–water partition coefficient (Wildman–Crippen LogP) is 0.992. The number of carbonyl (C=O) groups excluding carboxylic acids is 2. The number of likely N-dealkylation sites (tertiary alicyclic amines) is 1. The largest absolute Gasteiger partial charge is 0.352 e. The highest BCUT2D eigenvalue weighted by Crippen LogP contribution is 2.26. The topological polar surface area (TPSA) is 83.6 Å². The van der Waals surface area contributed by atoms with Crippen LogP contribution in [0.2, 0.25) is 5.02 Å². The van der Waals surface area contributed by atoms with E-state index in [0.29, 0.717) is 24.5 Å². The summed E-state index contributed by atoms with van der Waals surface area (Å²) >= 11 is 5.82. The number of halogens is 1. The summed E-state index contributed by atoms with van der Waals surface area (Å²) in [6.07, 6.45) is 0.607. The zero-order chi connectivity index (χ0) is 17.3. The van der Waals surface area contributed by atoms with Gasteiger partial charge in [0.2, 0.25) is 11.8 Å². The zero-order valence-electron chi connectivity index (χ0n) is 13.1. The van der Waals surface area contributed by atoms with Gasteiger partial charge in [0.05, 0.1) is 17.4 Å². The first-order valence-electron chi connectivity index (χ1n) is 7.86. The fourth-order valence-electron chi connectivity index (χ4n) is 3.22. The second-order valence-electron chi connectivity index (χ2n) is 6.35. The minimum Gasteiger partial charge on any atom is -0.352 e. The number of amides is 2. The third-order valence-electron chi connectivity index (χ3n) is 4.56. The lowest BCUT2D eigenvalue weighted by Crippen LogP contribution is -2.39. The number of sulfone groups is 1. The second kappa shape index (κ2) is 6.72. The number of carbonyl (C=O) groups is 2. The summed E-state index contributed by atoms with van der Waals surface area (Å²) in [6.45, 7) is 0.671. The van der Waals surface area contributed by atoms with Gasteiger partial charge in [0.25, 0.3) is 0 Å². The molecule has 2 amide bonds. The number of benzene rings is 1. The van der Waals surface area contributed by atoms with Gasteiger partial charge >= 0.3 is 0 Å². The molecule has 0 radical (unpaired) electrons. The van der Waals surface area contributed by atoms with E-state index in [1.165, 1.54) is 0 Å². The molecule has 0 bridgehead atoms. The van der Waals surface area contributed by atoms with Crippen molar-refractivity contribution in [2.75, 3.05) is 18.1 Å². The van der Waals surface area contributed by atoms with Gasteiger partial charge in [-0.3, -0.25) is 9.59 Å². The van der Waals surface area contributed by atoms with Crippen molar-refractivity contribution in [2.24, 2.45) is 5.92 Å². The molecule has 0 aliphatic carbocycles. The van der Waals surface area contributed by atoms with Crippen LogP contribution in [0, 0.1) is 5.92 Å². The number of nitrogens with zero attached hydrogens (tertiary/aromatic N) is 1. The molecule has 6 nitrogen and oxygen atoms in total. The fourth-order valence-corrected chi connectivity index (χ4v) is 5.07. The van der Waals surface area contributed by atoms with Gasteiger partial charge in [-0.2, -0.15) is 0 Å². The fraction of sp³-hybridized carbons (Fsp3) is 0.500. The maximum Gasteiger partial charge on any atom is 0.225 e. The van der Waals surface area contributed by atoms with Crippen molar-refractivity contribution in [1.82, 2.24) is 10.2 Å². The van der Waals surface area contributed by atoms with Crippen LogP contribution in [0.1, 0.15) is 18.4 Å². The molecule has 2 saturated heterocycles. The Hall–Kier alpha value is -1.60. The van der Waals surface area contributed by atoms with Crippen molar-refractivity contribution >= 4 is 33.3 Å². The van der Waals surface area contributed by atoms with Gasteiger partial charge in [-0.25, -0.2) is 8.42 Å². The molecule has 130 valence electrons. The van der Waals surface area contributed by atoms with Crippen LogP contribution in [-0.4, -0.2) is 49.2 Å². The Morgan fingerprint density at radius 2 is 2.00 bits per heavy atom. The summed E-state index contributed by atoms with van der Waals surface area (Å²) in [7, 11) is -3.05. The summed E-state index contributed by atoms with van der Waals surface area (Å²) < 4.78 is 23.2. The van der Waals surface area contributed by atoms with Crippen LogP contribution in [0.15, 0.2) is 24.3 Å². The van der Waals surface area contributed by atoms with Crippen LogP contribution in [-0.2, 0) is 26.0 Å². The highest BCUT2D eigenvalue weighted by Gasteiger charge is 2.41. The van der Waals surface area contributed by atoms with E-state index in [4.69, 9.17) is 11.6 Å². The number of nitrogens with one attached hydrogen (secondary N) is 1. The van der Waals surface area contributed by atoms with Gasteiger partial charge < -0.3 is 10.2 Å². The Kier molecular flexibility index (Phi) is 4.83. The number of hydrogen-bond acceptors (Lipinski definition) is 4. The molecule has 1 aromatic rings. The Balaban J connectivity index is 1.55. The molecule has 2 aliphatic heterocycles. The first-order valence-corrected chi connectivity index (χ1v) is 10.1. The lowest BCUT2D eigenvalue weighted by Gasteiger charge is -2.22. The molecule has 2 atom stereocenters. The summed E-state index contributed by atoms with van der Waals surface area (Å²) in [5.74, 6) is -0.606. The van der Waals surface area contributed by atoms with Crippen LogP contribution < -0.4 is 5.32 Å². The van der Waals surface area contributed by atoms with Crippen molar-refractivity contribution < 1.29 is 18.0 Å². The Bertz CT molecular complexity index is 748. The minimum atomic E-state index is -3.05. The second-order valence-corrected chi connectivity index (χ2v) is 9.01. The quantitative estimate of drug-likeness (QED) is 0.856. The van der Waals surface area contributed by atoms with Gasteiger partial charge in [-0.1, -0.05) is 23.7 Å². The van der Waals surface area contributed by atoms with Crippen molar-refractivity contribution in [3.63, 3.8) is 0 Å². The van der Waals surface area contributed by atoms with Gasteiger partial charge in [-0.05, 0) is 24.1 Å². The lowest BCUT2D eigenvalue weighted by molar-refractivity contribution is -0.130. The first-order chi connectivity index (χ1) is 11.3. The van der Waals surface area contributed by atoms with Gasteiger partial charge in [0.1, 0.15) is 0 Å². The molecule has 2 unspecified atom stereocenters. The van der Waals surface area contributed by atoms with Crippen LogP contribution >= 0.6 is 11.6 Å². The molecule has 1 aromatic carbocycles. The minimum absolute atomic E-state index is 0.0118. The van der Waals surface area contributed by atoms with Gasteiger partial charge in [-0.15, -0.1) is 0 Å². The highest BCUT2D eigenvalue weighted by atomic mass is 35.5. The Labute approximate surface area is 146 Å².